The Bertz CT molecular complexity index is 1160. The lowest BCUT2D eigenvalue weighted by molar-refractivity contribution is -0.132. The molecule has 198 valence electrons. The molecule has 37 heavy (non-hydrogen) atoms. The van der Waals surface area contributed by atoms with E-state index in [0.717, 1.165) is 22.3 Å². The molecule has 1 heterocycles. The van der Waals surface area contributed by atoms with Crippen LogP contribution in [0, 0.1) is 0 Å². The highest BCUT2D eigenvalue weighted by Crippen LogP contribution is 2.21. The fraction of sp³-hybridized carbons (Fsp3) is 0.393. The van der Waals surface area contributed by atoms with Gasteiger partial charge in [0.1, 0.15) is 5.60 Å². The number of alkyl carbamates (subject to hydrolysis) is 1. The number of carbonyl (C=O) groups excluding carboxylic acids is 3. The monoisotopic (exact) mass is 526 g/mol. The van der Waals surface area contributed by atoms with E-state index in [-0.39, 0.29) is 31.3 Å². The molecule has 0 unspecified atom stereocenters. The van der Waals surface area contributed by atoms with Gasteiger partial charge in [0.25, 0.3) is 5.91 Å². The maximum absolute atomic E-state index is 13.1. The first-order valence-corrected chi connectivity index (χ1v) is 12.7. The third-order valence-electron chi connectivity index (χ3n) is 5.85. The summed E-state index contributed by atoms with van der Waals surface area (Å²) >= 11 is 6.18. The van der Waals surface area contributed by atoms with Crippen molar-refractivity contribution < 1.29 is 19.1 Å². The highest BCUT2D eigenvalue weighted by atomic mass is 35.5. The van der Waals surface area contributed by atoms with Crippen molar-refractivity contribution in [1.29, 1.82) is 0 Å². The van der Waals surface area contributed by atoms with Gasteiger partial charge in [-0.2, -0.15) is 0 Å². The number of amides is 3. The Balaban J connectivity index is 1.57. The summed E-state index contributed by atoms with van der Waals surface area (Å²) in [5, 5.41) is 7.72. The van der Waals surface area contributed by atoms with Crippen molar-refractivity contribution in [2.45, 2.75) is 65.8 Å². The van der Waals surface area contributed by atoms with Crippen molar-refractivity contribution >= 4 is 29.5 Å². The van der Waals surface area contributed by atoms with Gasteiger partial charge in [-0.05, 0) is 62.9 Å². The van der Waals surface area contributed by atoms with Crippen LogP contribution in [0.3, 0.4) is 0 Å². The van der Waals surface area contributed by atoms with E-state index in [4.69, 9.17) is 16.3 Å². The summed E-state index contributed by atoms with van der Waals surface area (Å²) in [6.45, 7) is 8.79. The Hall–Kier alpha value is -3.36. The Morgan fingerprint density at radius 1 is 1.00 bits per heavy atom. The Morgan fingerprint density at radius 3 is 2.41 bits per heavy atom. The van der Waals surface area contributed by atoms with Gasteiger partial charge in [0, 0.05) is 36.8 Å². The predicted octanol–water partition coefficient (Wildman–Crippen LogP) is 4.62. The lowest BCUT2D eigenvalue weighted by atomic mass is 9.98. The van der Waals surface area contributed by atoms with Gasteiger partial charge in [-0.25, -0.2) is 10.2 Å². The molecule has 0 aliphatic carbocycles. The van der Waals surface area contributed by atoms with E-state index in [1.807, 2.05) is 37.3 Å². The number of nitrogens with zero attached hydrogens (tertiary/aromatic N) is 1. The van der Waals surface area contributed by atoms with E-state index in [1.165, 1.54) is 0 Å². The molecule has 0 bridgehead atoms. The number of benzene rings is 2. The number of rotatable bonds is 9. The van der Waals surface area contributed by atoms with Gasteiger partial charge >= 0.3 is 6.09 Å². The Kier molecular flexibility index (Phi) is 9.72. The average molecular weight is 527 g/mol. The second-order valence-corrected chi connectivity index (χ2v) is 10.4. The third-order valence-corrected chi connectivity index (χ3v) is 6.08. The summed E-state index contributed by atoms with van der Waals surface area (Å²) in [4.78, 5) is 37.9. The van der Waals surface area contributed by atoms with Crippen molar-refractivity contribution in [2.24, 2.45) is 0 Å². The van der Waals surface area contributed by atoms with Crippen molar-refractivity contribution in [3.8, 4) is 0 Å². The molecular formula is C28H35ClN4O4. The molecule has 2 aromatic carbocycles. The van der Waals surface area contributed by atoms with E-state index in [1.54, 1.807) is 44.0 Å². The van der Waals surface area contributed by atoms with E-state index >= 15 is 0 Å². The Labute approximate surface area is 223 Å². The molecule has 8 nitrogen and oxygen atoms in total. The molecule has 1 aliphatic rings. The fourth-order valence-electron chi connectivity index (χ4n) is 3.87. The maximum atomic E-state index is 13.1. The van der Waals surface area contributed by atoms with Crippen LogP contribution in [-0.4, -0.2) is 35.1 Å². The number of halogens is 1. The molecule has 1 aliphatic heterocycles. The lowest BCUT2D eigenvalue weighted by Crippen LogP contribution is -2.46. The predicted molar refractivity (Wildman–Crippen MR) is 143 cm³/mol. The summed E-state index contributed by atoms with van der Waals surface area (Å²) in [5.41, 5.74) is 6.64. The highest BCUT2D eigenvalue weighted by Gasteiger charge is 2.27. The molecule has 9 heteroatoms. The van der Waals surface area contributed by atoms with Gasteiger partial charge in [-0.15, -0.1) is 0 Å². The SMILES string of the molecule is CC1=C(CC(=O)NCc2cc(Cl)ccc2CNC(=O)OC(C)(C)C)C(=O)N(NCc2ccccc2)CC1. The summed E-state index contributed by atoms with van der Waals surface area (Å²) < 4.78 is 5.29. The number of hydrogen-bond donors (Lipinski definition) is 3. The van der Waals surface area contributed by atoms with Gasteiger partial charge in [0.15, 0.2) is 0 Å². The van der Waals surface area contributed by atoms with E-state index in [2.05, 4.69) is 16.1 Å². The zero-order chi connectivity index (χ0) is 27.0. The van der Waals surface area contributed by atoms with Crippen LogP contribution in [0.15, 0.2) is 59.7 Å². The quantitative estimate of drug-likeness (QED) is 0.442. The minimum atomic E-state index is -0.600. The number of hydrogen-bond acceptors (Lipinski definition) is 5. The van der Waals surface area contributed by atoms with Crippen LogP contribution < -0.4 is 16.1 Å². The van der Waals surface area contributed by atoms with Crippen LogP contribution in [0.1, 0.15) is 57.2 Å². The number of ether oxygens (including phenoxy) is 1. The minimum absolute atomic E-state index is 0.0136. The number of carbonyl (C=O) groups is 3. The standard InChI is InChI=1S/C28H35ClN4O4/c1-19-12-13-33(32-16-20-8-6-5-7-9-20)26(35)24(19)15-25(34)30-18-22-14-23(29)11-10-21(22)17-31-27(36)37-28(2,3)4/h5-11,14,32H,12-13,15-18H2,1-4H3,(H,30,34)(H,31,36). The third kappa shape index (κ3) is 8.91. The molecule has 3 rings (SSSR count). The van der Waals surface area contributed by atoms with Crippen molar-refractivity contribution in [3.05, 3.63) is 81.4 Å². The topological polar surface area (TPSA) is 99.8 Å². The molecule has 0 radical (unpaired) electrons. The molecule has 2 aromatic rings. The molecule has 0 spiro atoms. The van der Waals surface area contributed by atoms with Gasteiger partial charge < -0.3 is 15.4 Å². The zero-order valence-corrected chi connectivity index (χ0v) is 22.6. The van der Waals surface area contributed by atoms with Gasteiger partial charge in [0.05, 0.1) is 6.42 Å². The normalized spacial score (nSPS) is 14.0. The smallest absolute Gasteiger partial charge is 0.407 e. The molecule has 0 atom stereocenters. The first kappa shape index (κ1) is 28.2. The lowest BCUT2D eigenvalue weighted by Gasteiger charge is -2.30. The van der Waals surface area contributed by atoms with Gasteiger partial charge in [-0.3, -0.25) is 14.6 Å². The maximum Gasteiger partial charge on any atom is 0.407 e. The van der Waals surface area contributed by atoms with Gasteiger partial charge in [0.2, 0.25) is 5.91 Å². The van der Waals surface area contributed by atoms with Crippen molar-refractivity contribution in [3.63, 3.8) is 0 Å². The van der Waals surface area contributed by atoms with Crippen LogP contribution in [0.4, 0.5) is 4.79 Å². The minimum Gasteiger partial charge on any atom is -0.444 e. The summed E-state index contributed by atoms with van der Waals surface area (Å²) in [7, 11) is 0. The fourth-order valence-corrected chi connectivity index (χ4v) is 4.06. The Morgan fingerprint density at radius 2 is 1.70 bits per heavy atom. The number of hydrazine groups is 1. The first-order valence-electron chi connectivity index (χ1n) is 12.3. The average Bonchev–Trinajstić information content (AvgIpc) is 2.84. The second-order valence-electron chi connectivity index (χ2n) is 10.0. The van der Waals surface area contributed by atoms with Crippen LogP contribution in [0.25, 0.3) is 0 Å². The van der Waals surface area contributed by atoms with Crippen molar-refractivity contribution in [1.82, 2.24) is 21.1 Å². The van der Waals surface area contributed by atoms with E-state index in [0.29, 0.717) is 30.1 Å². The molecule has 3 amide bonds. The molecule has 0 saturated heterocycles. The summed E-state index contributed by atoms with van der Waals surface area (Å²) in [5.74, 6) is -0.446. The molecule has 0 fully saturated rings. The van der Waals surface area contributed by atoms with Gasteiger partial charge in [-0.1, -0.05) is 53.6 Å². The van der Waals surface area contributed by atoms with Crippen molar-refractivity contribution in [2.75, 3.05) is 6.54 Å². The van der Waals surface area contributed by atoms with Crippen LogP contribution >= 0.6 is 11.6 Å². The summed E-state index contributed by atoms with van der Waals surface area (Å²) in [6.07, 6.45) is 0.159. The molecule has 3 N–H and O–H groups in total. The van der Waals surface area contributed by atoms with Crippen LogP contribution in [0.5, 0.6) is 0 Å². The zero-order valence-electron chi connectivity index (χ0n) is 21.8. The van der Waals surface area contributed by atoms with E-state index < -0.39 is 11.7 Å². The van der Waals surface area contributed by atoms with Crippen LogP contribution in [-0.2, 0) is 34.0 Å². The molecular weight excluding hydrogens is 492 g/mol. The summed E-state index contributed by atoms with van der Waals surface area (Å²) in [6, 6.07) is 15.1. The molecule has 0 saturated carbocycles. The van der Waals surface area contributed by atoms with Crippen LogP contribution in [0.2, 0.25) is 5.02 Å². The van der Waals surface area contributed by atoms with E-state index in [9.17, 15) is 14.4 Å². The number of nitrogens with one attached hydrogen (secondary N) is 3. The molecule has 0 aromatic heterocycles. The largest absolute Gasteiger partial charge is 0.444 e. The highest BCUT2D eigenvalue weighted by molar-refractivity contribution is 6.30. The first-order chi connectivity index (χ1) is 17.5. The second kappa shape index (κ2) is 12.7.